The number of benzene rings is 1. The molecule has 0 saturated carbocycles. The van der Waals surface area contributed by atoms with Crippen LogP contribution in [0.15, 0.2) is 48.8 Å². The number of ether oxygens (including phenoxy) is 1. The second-order valence-electron chi connectivity index (χ2n) is 7.14. The number of pyridine rings is 1. The molecule has 0 bridgehead atoms. The molecule has 3 aromatic rings. The van der Waals surface area contributed by atoms with Gasteiger partial charge in [-0.25, -0.2) is 9.67 Å². The predicted octanol–water partition coefficient (Wildman–Crippen LogP) is 2.68. The van der Waals surface area contributed by atoms with Crippen LogP contribution in [0.5, 0.6) is 0 Å². The molecule has 0 fully saturated rings. The molecule has 0 atom stereocenters. The first-order chi connectivity index (χ1) is 16.1. The molecule has 2 N–H and O–H groups in total. The van der Waals surface area contributed by atoms with E-state index in [-0.39, 0.29) is 30.3 Å². The summed E-state index contributed by atoms with van der Waals surface area (Å²) in [5.41, 5.74) is 0.848. The fourth-order valence-corrected chi connectivity index (χ4v) is 2.94. The van der Waals surface area contributed by atoms with E-state index in [1.165, 1.54) is 24.1 Å². The van der Waals surface area contributed by atoms with Gasteiger partial charge in [0.05, 0.1) is 36.5 Å². The minimum absolute atomic E-state index is 0.0389. The average Bonchev–Trinajstić information content (AvgIpc) is 3.19. The van der Waals surface area contributed by atoms with Crippen LogP contribution < -0.4 is 10.6 Å². The van der Waals surface area contributed by atoms with Crippen molar-refractivity contribution in [2.45, 2.75) is 19.5 Å². The van der Waals surface area contributed by atoms with Crippen molar-refractivity contribution >= 4 is 23.5 Å². The summed E-state index contributed by atoms with van der Waals surface area (Å²) >= 11 is 0. The molecule has 34 heavy (non-hydrogen) atoms. The van der Waals surface area contributed by atoms with Crippen molar-refractivity contribution in [3.63, 3.8) is 0 Å². The average molecular weight is 475 g/mol. The van der Waals surface area contributed by atoms with Crippen LogP contribution in [0, 0.1) is 6.92 Å². The van der Waals surface area contributed by atoms with Crippen LogP contribution in [0.25, 0.3) is 5.82 Å². The SMILES string of the molecule is COC(=O)CNC(=O)Cc1ccc(NC(=O)c2cnn(-c3ccc(C(F)(F)F)cn3)c2C)cc1. The van der Waals surface area contributed by atoms with Crippen LogP contribution >= 0.6 is 0 Å². The minimum Gasteiger partial charge on any atom is -0.468 e. The van der Waals surface area contributed by atoms with Crippen LogP contribution in [0.1, 0.15) is 27.2 Å². The summed E-state index contributed by atoms with van der Waals surface area (Å²) < 4.78 is 43.9. The monoisotopic (exact) mass is 475 g/mol. The lowest BCUT2D eigenvalue weighted by atomic mass is 10.1. The van der Waals surface area contributed by atoms with E-state index in [0.717, 1.165) is 6.07 Å². The van der Waals surface area contributed by atoms with Gasteiger partial charge in [-0.2, -0.15) is 18.3 Å². The molecule has 0 unspecified atom stereocenters. The smallest absolute Gasteiger partial charge is 0.417 e. The minimum atomic E-state index is -4.50. The quantitative estimate of drug-likeness (QED) is 0.508. The Balaban J connectivity index is 1.63. The Hall–Kier alpha value is -4.22. The lowest BCUT2D eigenvalue weighted by Crippen LogP contribution is -2.31. The van der Waals surface area contributed by atoms with E-state index in [1.807, 2.05) is 0 Å². The normalized spacial score (nSPS) is 11.1. The molecule has 0 aliphatic heterocycles. The largest absolute Gasteiger partial charge is 0.468 e. The van der Waals surface area contributed by atoms with Gasteiger partial charge in [0.15, 0.2) is 5.82 Å². The third-order valence-electron chi connectivity index (χ3n) is 4.78. The Bertz CT molecular complexity index is 1190. The lowest BCUT2D eigenvalue weighted by molar-refractivity contribution is -0.141. The predicted molar refractivity (Wildman–Crippen MR) is 114 cm³/mol. The van der Waals surface area contributed by atoms with Gasteiger partial charge < -0.3 is 15.4 Å². The Morgan fingerprint density at radius 1 is 1.06 bits per heavy atom. The summed E-state index contributed by atoms with van der Waals surface area (Å²) in [5.74, 6) is -1.25. The van der Waals surface area contributed by atoms with Crippen LogP contribution in [-0.2, 0) is 26.9 Å². The number of aromatic nitrogens is 3. The molecule has 0 radical (unpaired) electrons. The molecule has 9 nitrogen and oxygen atoms in total. The zero-order chi connectivity index (χ0) is 24.9. The summed E-state index contributed by atoms with van der Waals surface area (Å²) in [5, 5.41) is 9.19. The van der Waals surface area contributed by atoms with Gasteiger partial charge >= 0.3 is 12.1 Å². The fraction of sp³-hybridized carbons (Fsp3) is 0.227. The first-order valence-corrected chi connectivity index (χ1v) is 9.90. The molecular weight excluding hydrogens is 455 g/mol. The van der Waals surface area contributed by atoms with Gasteiger partial charge in [-0.15, -0.1) is 0 Å². The summed E-state index contributed by atoms with van der Waals surface area (Å²) in [7, 11) is 1.22. The molecule has 12 heteroatoms. The van der Waals surface area contributed by atoms with E-state index in [0.29, 0.717) is 23.1 Å². The molecular formula is C22H20F3N5O4. The highest BCUT2D eigenvalue weighted by atomic mass is 19.4. The molecule has 3 rings (SSSR count). The van der Waals surface area contributed by atoms with Crippen molar-refractivity contribution in [1.82, 2.24) is 20.1 Å². The van der Waals surface area contributed by atoms with E-state index < -0.39 is 23.6 Å². The van der Waals surface area contributed by atoms with Gasteiger partial charge in [-0.05, 0) is 36.8 Å². The van der Waals surface area contributed by atoms with E-state index >= 15 is 0 Å². The Kier molecular flexibility index (Phi) is 7.29. The van der Waals surface area contributed by atoms with Crippen molar-refractivity contribution in [3.05, 3.63) is 71.2 Å². The number of hydrogen-bond acceptors (Lipinski definition) is 6. The number of esters is 1. The van der Waals surface area contributed by atoms with E-state index in [1.54, 1.807) is 31.2 Å². The lowest BCUT2D eigenvalue weighted by Gasteiger charge is -2.09. The topological polar surface area (TPSA) is 115 Å². The second-order valence-corrected chi connectivity index (χ2v) is 7.14. The van der Waals surface area contributed by atoms with Crippen molar-refractivity contribution < 1.29 is 32.3 Å². The number of carbonyl (C=O) groups is 3. The zero-order valence-electron chi connectivity index (χ0n) is 18.1. The number of nitrogens with zero attached hydrogens (tertiary/aromatic N) is 3. The van der Waals surface area contributed by atoms with Gasteiger partial charge in [0.1, 0.15) is 6.54 Å². The molecule has 0 aliphatic carbocycles. The number of anilines is 1. The number of nitrogens with one attached hydrogen (secondary N) is 2. The van der Waals surface area contributed by atoms with Gasteiger partial charge in [0.25, 0.3) is 5.91 Å². The van der Waals surface area contributed by atoms with E-state index in [4.69, 9.17) is 0 Å². The highest BCUT2D eigenvalue weighted by Gasteiger charge is 2.30. The van der Waals surface area contributed by atoms with Crippen LogP contribution in [0.3, 0.4) is 0 Å². The maximum Gasteiger partial charge on any atom is 0.417 e. The zero-order valence-corrected chi connectivity index (χ0v) is 18.1. The summed E-state index contributed by atoms with van der Waals surface area (Å²) in [4.78, 5) is 39.4. The number of methoxy groups -OCH3 is 1. The van der Waals surface area contributed by atoms with Crippen LogP contribution in [-0.4, -0.2) is 46.2 Å². The van der Waals surface area contributed by atoms with Gasteiger partial charge in [-0.3, -0.25) is 14.4 Å². The van der Waals surface area contributed by atoms with Crippen LogP contribution in [0.2, 0.25) is 0 Å². The summed E-state index contributed by atoms with van der Waals surface area (Å²) in [6.45, 7) is 1.37. The summed E-state index contributed by atoms with van der Waals surface area (Å²) in [6.07, 6.45) is -2.47. The first-order valence-electron chi connectivity index (χ1n) is 9.90. The number of hydrogen-bond donors (Lipinski definition) is 2. The number of carbonyl (C=O) groups excluding carboxylic acids is 3. The van der Waals surface area contributed by atoms with Gasteiger partial charge in [0.2, 0.25) is 5.91 Å². The second kappa shape index (κ2) is 10.1. The van der Waals surface area contributed by atoms with Crippen molar-refractivity contribution in [2.75, 3.05) is 19.0 Å². The fourth-order valence-electron chi connectivity index (χ4n) is 2.94. The molecule has 0 aliphatic rings. The molecule has 2 aromatic heterocycles. The van der Waals surface area contributed by atoms with Crippen molar-refractivity contribution in [1.29, 1.82) is 0 Å². The third-order valence-corrected chi connectivity index (χ3v) is 4.78. The Morgan fingerprint density at radius 3 is 2.35 bits per heavy atom. The molecule has 2 heterocycles. The van der Waals surface area contributed by atoms with Crippen molar-refractivity contribution in [3.8, 4) is 5.82 Å². The number of rotatable bonds is 7. The van der Waals surface area contributed by atoms with E-state index in [9.17, 15) is 27.6 Å². The molecule has 0 saturated heterocycles. The Labute approximate surface area is 191 Å². The first kappa shape index (κ1) is 24.4. The maximum absolute atomic E-state index is 12.7. The molecule has 178 valence electrons. The van der Waals surface area contributed by atoms with Gasteiger partial charge in [0, 0.05) is 11.9 Å². The standard InChI is InChI=1S/C22H20F3N5O4/c1-13-17(11-28-30(13)18-8-5-15(10-26-18)22(23,24)25)21(33)29-16-6-3-14(4-7-16)9-19(31)27-12-20(32)34-2/h3-8,10-11H,9,12H2,1-2H3,(H,27,31)(H,29,33). The van der Waals surface area contributed by atoms with Gasteiger partial charge in [-0.1, -0.05) is 12.1 Å². The molecule has 1 aromatic carbocycles. The third kappa shape index (κ3) is 5.97. The number of amides is 2. The Morgan fingerprint density at radius 2 is 1.76 bits per heavy atom. The van der Waals surface area contributed by atoms with Crippen LogP contribution in [0.4, 0.5) is 18.9 Å². The summed E-state index contributed by atoms with van der Waals surface area (Å²) in [6, 6.07) is 8.58. The highest BCUT2D eigenvalue weighted by molar-refractivity contribution is 6.05. The van der Waals surface area contributed by atoms with Crippen molar-refractivity contribution in [2.24, 2.45) is 0 Å². The number of alkyl halides is 3. The highest BCUT2D eigenvalue weighted by Crippen LogP contribution is 2.29. The van der Waals surface area contributed by atoms with E-state index in [2.05, 4.69) is 25.5 Å². The number of halogens is 3. The molecule has 2 amide bonds. The molecule has 0 spiro atoms. The maximum atomic E-state index is 12.7.